The number of hydrogen-bond donors (Lipinski definition) is 3. The summed E-state index contributed by atoms with van der Waals surface area (Å²) in [6, 6.07) is 11.8. The number of fused-ring (bicyclic) bond motifs is 2. The number of amides is 2. The largest absolute Gasteiger partial charge is 0.497 e. The molecule has 2 amide bonds. The molecule has 1 aliphatic heterocycles. The monoisotopic (exact) mass is 515 g/mol. The van der Waals surface area contributed by atoms with Crippen LogP contribution in [0, 0.1) is 5.92 Å². The molecule has 8 nitrogen and oxygen atoms in total. The van der Waals surface area contributed by atoms with Crippen LogP contribution < -0.4 is 21.1 Å². The van der Waals surface area contributed by atoms with Crippen molar-refractivity contribution in [1.29, 1.82) is 0 Å². The number of pyridine rings is 2. The van der Waals surface area contributed by atoms with E-state index in [2.05, 4.69) is 29.5 Å². The third kappa shape index (κ3) is 4.86. The minimum Gasteiger partial charge on any atom is -0.497 e. The number of nitrogens with zero attached hydrogens (tertiary/aromatic N) is 2. The summed E-state index contributed by atoms with van der Waals surface area (Å²) in [6.45, 7) is 5.23. The Morgan fingerprint density at radius 1 is 1.24 bits per heavy atom. The van der Waals surface area contributed by atoms with E-state index in [0.29, 0.717) is 54.0 Å². The summed E-state index contributed by atoms with van der Waals surface area (Å²) in [5, 5.41) is 7.30. The van der Waals surface area contributed by atoms with Gasteiger partial charge in [-0.15, -0.1) is 11.3 Å². The van der Waals surface area contributed by atoms with E-state index < -0.39 is 5.91 Å². The first-order valence-corrected chi connectivity index (χ1v) is 13.1. The van der Waals surface area contributed by atoms with Crippen LogP contribution in [0.25, 0.3) is 20.5 Å². The summed E-state index contributed by atoms with van der Waals surface area (Å²) in [5.41, 5.74) is 9.70. The highest BCUT2D eigenvalue weighted by Gasteiger charge is 2.31. The number of primary amides is 1. The van der Waals surface area contributed by atoms with Crippen LogP contribution in [-0.4, -0.2) is 35.4 Å². The number of rotatable bonds is 8. The summed E-state index contributed by atoms with van der Waals surface area (Å²) in [4.78, 5) is 36.0. The van der Waals surface area contributed by atoms with Gasteiger partial charge in [-0.3, -0.25) is 14.6 Å². The van der Waals surface area contributed by atoms with Crippen LogP contribution in [0.3, 0.4) is 0 Å². The fourth-order valence-corrected chi connectivity index (χ4v) is 5.90. The van der Waals surface area contributed by atoms with Gasteiger partial charge in [0.2, 0.25) is 0 Å². The minimum atomic E-state index is -0.578. The molecule has 4 N–H and O–H groups in total. The smallest absolute Gasteiger partial charge is 0.253 e. The van der Waals surface area contributed by atoms with E-state index in [9.17, 15) is 9.59 Å². The number of anilines is 1. The predicted octanol–water partition coefficient (Wildman–Crippen LogP) is 4.56. The van der Waals surface area contributed by atoms with Crippen molar-refractivity contribution >= 4 is 39.1 Å². The van der Waals surface area contributed by atoms with Gasteiger partial charge in [0.15, 0.2) is 0 Å². The van der Waals surface area contributed by atoms with E-state index >= 15 is 0 Å². The van der Waals surface area contributed by atoms with E-state index in [0.717, 1.165) is 32.1 Å². The van der Waals surface area contributed by atoms with Gasteiger partial charge in [0.1, 0.15) is 11.6 Å². The number of thiophene rings is 1. The highest BCUT2D eigenvalue weighted by molar-refractivity contribution is 7.22. The normalized spacial score (nSPS) is 12.9. The van der Waals surface area contributed by atoms with Gasteiger partial charge < -0.3 is 21.1 Å². The Morgan fingerprint density at radius 3 is 2.84 bits per heavy atom. The number of nitrogens with one attached hydrogen (secondary N) is 2. The maximum Gasteiger partial charge on any atom is 0.253 e. The Morgan fingerprint density at radius 2 is 2.08 bits per heavy atom. The third-order valence-electron chi connectivity index (χ3n) is 6.34. The first kappa shape index (κ1) is 24.7. The zero-order valence-electron chi connectivity index (χ0n) is 21.1. The Bertz CT molecular complexity index is 1510. The van der Waals surface area contributed by atoms with E-state index in [-0.39, 0.29) is 11.8 Å². The molecule has 0 aliphatic carbocycles. The third-order valence-corrected chi connectivity index (χ3v) is 7.52. The number of methoxy groups -OCH3 is 1. The molecule has 4 aromatic rings. The van der Waals surface area contributed by atoms with Gasteiger partial charge in [-0.1, -0.05) is 26.0 Å². The quantitative estimate of drug-likeness (QED) is 0.316. The SMILES string of the molecule is COc1cccc(CNc2nccc3cc(-c4c(C(N)=O)c(CC(C)C)nc5c4C(=O)NCC5)sc23)c1. The first-order chi connectivity index (χ1) is 17.9. The molecule has 1 aromatic carbocycles. The molecule has 4 heterocycles. The van der Waals surface area contributed by atoms with Crippen molar-refractivity contribution in [2.24, 2.45) is 11.7 Å². The number of ether oxygens (including phenoxy) is 1. The lowest BCUT2D eigenvalue weighted by atomic mass is 9.90. The molecular formula is C28H29N5O3S. The van der Waals surface area contributed by atoms with Crippen molar-refractivity contribution in [2.45, 2.75) is 33.2 Å². The lowest BCUT2D eigenvalue weighted by molar-refractivity contribution is 0.0945. The number of aromatic nitrogens is 2. The molecule has 0 fully saturated rings. The van der Waals surface area contributed by atoms with Crippen molar-refractivity contribution in [1.82, 2.24) is 15.3 Å². The molecule has 0 saturated carbocycles. The average Bonchev–Trinajstić information content (AvgIpc) is 3.31. The summed E-state index contributed by atoms with van der Waals surface area (Å²) in [7, 11) is 1.65. The van der Waals surface area contributed by atoms with Crippen LogP contribution in [-0.2, 0) is 19.4 Å². The summed E-state index contributed by atoms with van der Waals surface area (Å²) >= 11 is 1.49. The second-order valence-electron chi connectivity index (χ2n) is 9.49. The second kappa shape index (κ2) is 10.2. The number of nitrogens with two attached hydrogens (primary N) is 1. The van der Waals surface area contributed by atoms with Gasteiger partial charge in [-0.25, -0.2) is 4.98 Å². The predicted molar refractivity (Wildman–Crippen MR) is 146 cm³/mol. The molecule has 3 aromatic heterocycles. The van der Waals surface area contributed by atoms with E-state index in [1.807, 2.05) is 36.4 Å². The van der Waals surface area contributed by atoms with Crippen LogP contribution in [0.5, 0.6) is 5.75 Å². The summed E-state index contributed by atoms with van der Waals surface area (Å²) < 4.78 is 6.26. The zero-order valence-corrected chi connectivity index (χ0v) is 21.9. The highest BCUT2D eigenvalue weighted by atomic mass is 32.1. The van der Waals surface area contributed by atoms with Gasteiger partial charge in [0, 0.05) is 36.1 Å². The van der Waals surface area contributed by atoms with E-state index in [4.69, 9.17) is 15.5 Å². The van der Waals surface area contributed by atoms with Crippen molar-refractivity contribution in [3.8, 4) is 16.2 Å². The molecule has 0 bridgehead atoms. The van der Waals surface area contributed by atoms with E-state index in [1.165, 1.54) is 11.3 Å². The topological polar surface area (TPSA) is 119 Å². The molecule has 0 radical (unpaired) electrons. The number of benzene rings is 1. The second-order valence-corrected chi connectivity index (χ2v) is 10.5. The van der Waals surface area contributed by atoms with Gasteiger partial charge in [0.25, 0.3) is 11.8 Å². The zero-order chi connectivity index (χ0) is 26.1. The van der Waals surface area contributed by atoms with E-state index in [1.54, 1.807) is 13.3 Å². The van der Waals surface area contributed by atoms with Crippen molar-refractivity contribution < 1.29 is 14.3 Å². The molecule has 5 rings (SSSR count). The molecule has 0 spiro atoms. The van der Waals surface area contributed by atoms with Crippen LogP contribution >= 0.6 is 11.3 Å². The minimum absolute atomic E-state index is 0.227. The Labute approximate surface area is 219 Å². The van der Waals surface area contributed by atoms with Crippen molar-refractivity contribution in [3.63, 3.8) is 0 Å². The number of carbonyl (C=O) groups excluding carboxylic acids is 2. The van der Waals surface area contributed by atoms with Crippen LogP contribution in [0.15, 0.2) is 42.6 Å². The average molecular weight is 516 g/mol. The molecule has 9 heteroatoms. The molecule has 0 atom stereocenters. The molecular weight excluding hydrogens is 486 g/mol. The summed E-state index contributed by atoms with van der Waals surface area (Å²) in [6.07, 6.45) is 2.96. The maximum absolute atomic E-state index is 13.0. The molecule has 37 heavy (non-hydrogen) atoms. The van der Waals surface area contributed by atoms with Gasteiger partial charge in [0.05, 0.1) is 34.3 Å². The highest BCUT2D eigenvalue weighted by Crippen LogP contribution is 2.41. The molecule has 0 unspecified atom stereocenters. The molecule has 0 saturated heterocycles. The van der Waals surface area contributed by atoms with Gasteiger partial charge in [-0.2, -0.15) is 0 Å². The fraction of sp³-hybridized carbons (Fsp3) is 0.286. The first-order valence-electron chi connectivity index (χ1n) is 12.2. The Hall–Kier alpha value is -3.98. The number of carbonyl (C=O) groups is 2. The van der Waals surface area contributed by atoms with Crippen LogP contribution in [0.1, 0.15) is 51.5 Å². The Kier molecular flexibility index (Phi) is 6.80. The Balaban J connectivity index is 1.63. The summed E-state index contributed by atoms with van der Waals surface area (Å²) in [5.74, 6) is 0.987. The lowest BCUT2D eigenvalue weighted by Crippen LogP contribution is -2.34. The molecule has 190 valence electrons. The standard InChI is InChI=1S/C28H29N5O3S/c1-15(2)11-20-22(26(29)34)24(23-19(33-20)8-10-31-28(23)35)21-13-17-7-9-30-27(25(17)37-21)32-14-16-5-4-6-18(12-16)36-3/h4-7,9,12-13,15H,8,10-11,14H2,1-3H3,(H2,29,34)(H,30,32)(H,31,35). The lowest BCUT2D eigenvalue weighted by Gasteiger charge is -2.23. The van der Waals surface area contributed by atoms with Crippen molar-refractivity contribution in [3.05, 3.63) is 70.7 Å². The van der Waals surface area contributed by atoms with Gasteiger partial charge in [-0.05, 0) is 47.6 Å². The fourth-order valence-electron chi connectivity index (χ4n) is 4.72. The van der Waals surface area contributed by atoms with Crippen molar-refractivity contribution in [2.75, 3.05) is 19.0 Å². The van der Waals surface area contributed by atoms with Crippen LogP contribution in [0.2, 0.25) is 0 Å². The van der Waals surface area contributed by atoms with Crippen LogP contribution in [0.4, 0.5) is 5.82 Å². The maximum atomic E-state index is 13.0. The van der Waals surface area contributed by atoms with Gasteiger partial charge >= 0.3 is 0 Å². The molecule has 1 aliphatic rings. The number of hydrogen-bond acceptors (Lipinski definition) is 7.